The van der Waals surface area contributed by atoms with Gasteiger partial charge in [0.05, 0.1) is 5.75 Å². The Labute approximate surface area is 84.2 Å². The molecule has 0 spiro atoms. The first-order valence-corrected chi connectivity index (χ1v) is 6.08. The quantitative estimate of drug-likeness (QED) is 0.717. The summed E-state index contributed by atoms with van der Waals surface area (Å²) in [6, 6.07) is 0. The fraction of sp³-hybridized carbons (Fsp3) is 0.889. The lowest BCUT2D eigenvalue weighted by molar-refractivity contribution is -0.127. The van der Waals surface area contributed by atoms with Crippen molar-refractivity contribution < 1.29 is 4.79 Å². The van der Waals surface area contributed by atoms with Gasteiger partial charge in [0.25, 0.3) is 0 Å². The molecule has 1 rings (SSSR count). The zero-order valence-electron chi connectivity index (χ0n) is 8.38. The zero-order chi connectivity index (χ0) is 9.68. The molecule has 0 aromatic heterocycles. The van der Waals surface area contributed by atoms with Crippen LogP contribution in [0.25, 0.3) is 0 Å². The highest BCUT2D eigenvalue weighted by Crippen LogP contribution is 2.16. The second-order valence-electron chi connectivity index (χ2n) is 3.49. The second-order valence-corrected chi connectivity index (χ2v) is 4.35. The van der Waals surface area contributed by atoms with Gasteiger partial charge in [-0.1, -0.05) is 0 Å². The van der Waals surface area contributed by atoms with Crippen molar-refractivity contribution in [3.05, 3.63) is 0 Å². The van der Waals surface area contributed by atoms with E-state index in [1.54, 1.807) is 11.8 Å². The van der Waals surface area contributed by atoms with Crippen LogP contribution in [0, 0.1) is 5.92 Å². The van der Waals surface area contributed by atoms with Gasteiger partial charge in [-0.3, -0.25) is 4.79 Å². The van der Waals surface area contributed by atoms with Crippen LogP contribution in [0.3, 0.4) is 0 Å². The second kappa shape index (κ2) is 5.50. The van der Waals surface area contributed by atoms with Gasteiger partial charge in [-0.25, -0.2) is 0 Å². The van der Waals surface area contributed by atoms with Gasteiger partial charge in [0.15, 0.2) is 0 Å². The van der Waals surface area contributed by atoms with Crippen LogP contribution in [0.5, 0.6) is 0 Å². The Morgan fingerprint density at radius 2 is 2.46 bits per heavy atom. The molecule has 1 aliphatic heterocycles. The summed E-state index contributed by atoms with van der Waals surface area (Å²) in [5.74, 6) is 1.59. The number of thioether (sulfide) groups is 1. The first-order valence-electron chi connectivity index (χ1n) is 4.69. The normalized spacial score (nSPS) is 22.3. The molecule has 0 aliphatic carbocycles. The molecule has 0 aromatic rings. The van der Waals surface area contributed by atoms with Crippen molar-refractivity contribution in [2.45, 2.75) is 6.42 Å². The van der Waals surface area contributed by atoms with Gasteiger partial charge in [0.2, 0.25) is 5.91 Å². The maximum atomic E-state index is 11.5. The van der Waals surface area contributed by atoms with E-state index in [1.165, 1.54) is 0 Å². The molecular formula is C9H18N2OS. The smallest absolute Gasteiger partial charge is 0.232 e. The molecule has 76 valence electrons. The average Bonchev–Trinajstić information content (AvgIpc) is 2.54. The SMILES string of the molecule is CNCC1CCN(C(=O)CSC)C1. The summed E-state index contributed by atoms with van der Waals surface area (Å²) in [5, 5.41) is 3.16. The largest absolute Gasteiger partial charge is 0.342 e. The molecule has 1 amide bonds. The standard InChI is InChI=1S/C9H18N2OS/c1-10-5-8-3-4-11(6-8)9(12)7-13-2/h8,10H,3-7H2,1-2H3. The molecular weight excluding hydrogens is 184 g/mol. The average molecular weight is 202 g/mol. The highest BCUT2D eigenvalue weighted by molar-refractivity contribution is 7.99. The number of hydrogen-bond donors (Lipinski definition) is 1. The highest BCUT2D eigenvalue weighted by Gasteiger charge is 2.24. The molecule has 1 unspecified atom stereocenters. The molecule has 1 atom stereocenters. The summed E-state index contributed by atoms with van der Waals surface area (Å²) in [5.41, 5.74) is 0. The van der Waals surface area contributed by atoms with Gasteiger partial charge >= 0.3 is 0 Å². The van der Waals surface area contributed by atoms with Crippen molar-refractivity contribution >= 4 is 17.7 Å². The van der Waals surface area contributed by atoms with Crippen LogP contribution in [0.2, 0.25) is 0 Å². The van der Waals surface area contributed by atoms with Gasteiger partial charge in [-0.2, -0.15) is 11.8 Å². The van der Waals surface area contributed by atoms with Crippen LogP contribution in [-0.2, 0) is 4.79 Å². The van der Waals surface area contributed by atoms with E-state index in [0.717, 1.165) is 26.1 Å². The predicted octanol–water partition coefficient (Wildman–Crippen LogP) is 0.417. The summed E-state index contributed by atoms with van der Waals surface area (Å²) in [6.45, 7) is 2.93. The summed E-state index contributed by atoms with van der Waals surface area (Å²) in [4.78, 5) is 13.5. The molecule has 0 radical (unpaired) electrons. The van der Waals surface area contributed by atoms with Crippen LogP contribution in [0.15, 0.2) is 0 Å². The van der Waals surface area contributed by atoms with Crippen molar-refractivity contribution in [3.8, 4) is 0 Å². The van der Waals surface area contributed by atoms with E-state index in [4.69, 9.17) is 0 Å². The monoisotopic (exact) mass is 202 g/mol. The van der Waals surface area contributed by atoms with Crippen molar-refractivity contribution in [1.82, 2.24) is 10.2 Å². The lowest BCUT2D eigenvalue weighted by Crippen LogP contribution is -2.31. The summed E-state index contributed by atoms with van der Waals surface area (Å²) in [7, 11) is 1.96. The van der Waals surface area contributed by atoms with Crippen molar-refractivity contribution in [2.75, 3.05) is 38.7 Å². The molecule has 0 saturated carbocycles. The maximum absolute atomic E-state index is 11.5. The summed E-state index contributed by atoms with van der Waals surface area (Å²) in [6.07, 6.45) is 3.13. The Hall–Kier alpha value is -0.220. The molecule has 1 N–H and O–H groups in total. The summed E-state index contributed by atoms with van der Waals surface area (Å²) < 4.78 is 0. The fourth-order valence-corrected chi connectivity index (χ4v) is 2.16. The molecule has 0 bridgehead atoms. The van der Waals surface area contributed by atoms with E-state index < -0.39 is 0 Å². The Kier molecular flexibility index (Phi) is 4.59. The van der Waals surface area contributed by atoms with Crippen molar-refractivity contribution in [1.29, 1.82) is 0 Å². The number of likely N-dealkylation sites (tertiary alicyclic amines) is 1. The van der Waals surface area contributed by atoms with Crippen LogP contribution < -0.4 is 5.32 Å². The number of amides is 1. The molecule has 1 fully saturated rings. The molecule has 1 heterocycles. The van der Waals surface area contributed by atoms with E-state index in [1.807, 2.05) is 18.2 Å². The minimum atomic E-state index is 0.297. The number of hydrogen-bond acceptors (Lipinski definition) is 3. The summed E-state index contributed by atoms with van der Waals surface area (Å²) >= 11 is 1.60. The van der Waals surface area contributed by atoms with E-state index >= 15 is 0 Å². The van der Waals surface area contributed by atoms with Crippen LogP contribution in [0.4, 0.5) is 0 Å². The number of carbonyl (C=O) groups excluding carboxylic acids is 1. The fourth-order valence-electron chi connectivity index (χ4n) is 1.73. The van der Waals surface area contributed by atoms with Gasteiger partial charge in [-0.05, 0) is 32.2 Å². The van der Waals surface area contributed by atoms with E-state index in [9.17, 15) is 4.79 Å². The Morgan fingerprint density at radius 1 is 1.69 bits per heavy atom. The lowest BCUT2D eigenvalue weighted by atomic mass is 10.1. The molecule has 1 aliphatic rings. The predicted molar refractivity (Wildman–Crippen MR) is 57.0 cm³/mol. The van der Waals surface area contributed by atoms with Crippen LogP contribution in [0.1, 0.15) is 6.42 Å². The third-order valence-electron chi connectivity index (χ3n) is 2.40. The Bertz CT molecular complexity index is 175. The van der Waals surface area contributed by atoms with Crippen molar-refractivity contribution in [3.63, 3.8) is 0 Å². The van der Waals surface area contributed by atoms with E-state index in [0.29, 0.717) is 17.6 Å². The molecule has 1 saturated heterocycles. The molecule has 4 heteroatoms. The third kappa shape index (κ3) is 3.19. The van der Waals surface area contributed by atoms with Gasteiger partial charge in [0, 0.05) is 13.1 Å². The molecule has 13 heavy (non-hydrogen) atoms. The third-order valence-corrected chi connectivity index (χ3v) is 2.93. The number of rotatable bonds is 4. The lowest BCUT2D eigenvalue weighted by Gasteiger charge is -2.15. The van der Waals surface area contributed by atoms with Crippen LogP contribution >= 0.6 is 11.8 Å². The highest BCUT2D eigenvalue weighted by atomic mass is 32.2. The van der Waals surface area contributed by atoms with Crippen LogP contribution in [-0.4, -0.2) is 49.5 Å². The maximum Gasteiger partial charge on any atom is 0.232 e. The first-order chi connectivity index (χ1) is 6.27. The minimum absolute atomic E-state index is 0.297. The Morgan fingerprint density at radius 3 is 3.08 bits per heavy atom. The topological polar surface area (TPSA) is 32.3 Å². The number of carbonyl (C=O) groups is 1. The van der Waals surface area contributed by atoms with E-state index in [-0.39, 0.29) is 0 Å². The zero-order valence-corrected chi connectivity index (χ0v) is 9.19. The van der Waals surface area contributed by atoms with Gasteiger partial charge < -0.3 is 10.2 Å². The first kappa shape index (κ1) is 10.9. The van der Waals surface area contributed by atoms with Gasteiger partial charge in [0.1, 0.15) is 0 Å². The van der Waals surface area contributed by atoms with Crippen molar-refractivity contribution in [2.24, 2.45) is 5.92 Å². The number of nitrogens with one attached hydrogen (secondary N) is 1. The van der Waals surface area contributed by atoms with Gasteiger partial charge in [-0.15, -0.1) is 0 Å². The number of nitrogens with zero attached hydrogens (tertiary/aromatic N) is 1. The Balaban J connectivity index is 2.27. The van der Waals surface area contributed by atoms with E-state index in [2.05, 4.69) is 5.32 Å². The molecule has 0 aromatic carbocycles. The molecule has 3 nitrogen and oxygen atoms in total. The minimum Gasteiger partial charge on any atom is -0.342 e.